The summed E-state index contributed by atoms with van der Waals surface area (Å²) in [5, 5.41) is 5.77. The maximum absolute atomic E-state index is 12.1. The minimum Gasteiger partial charge on any atom is -0.326 e. The number of anilines is 2. The lowest BCUT2D eigenvalue weighted by Gasteiger charge is -2.08. The number of rotatable bonds is 5. The van der Waals surface area contributed by atoms with Crippen molar-refractivity contribution < 1.29 is 9.59 Å². The Morgan fingerprint density at radius 2 is 1.72 bits per heavy atom. The van der Waals surface area contributed by atoms with Crippen molar-refractivity contribution in [2.75, 3.05) is 10.6 Å². The molecule has 130 valence electrons. The van der Waals surface area contributed by atoms with Crippen LogP contribution in [-0.2, 0) is 9.59 Å². The summed E-state index contributed by atoms with van der Waals surface area (Å²) in [5.41, 5.74) is 3.21. The van der Waals surface area contributed by atoms with Crippen LogP contribution in [0.4, 0.5) is 11.4 Å². The molecule has 0 aliphatic rings. The smallest absolute Gasteiger partial charge is 0.248 e. The lowest BCUT2D eigenvalue weighted by atomic mass is 10.0. The predicted octanol–water partition coefficient (Wildman–Crippen LogP) is 5.07. The van der Waals surface area contributed by atoms with Crippen LogP contribution in [0.1, 0.15) is 37.8 Å². The van der Waals surface area contributed by atoms with Gasteiger partial charge in [0.25, 0.3) is 0 Å². The van der Waals surface area contributed by atoms with Crippen LogP contribution in [-0.4, -0.2) is 11.8 Å². The number of amides is 2. The fourth-order valence-electron chi connectivity index (χ4n) is 2.24. The van der Waals surface area contributed by atoms with Gasteiger partial charge in [0.15, 0.2) is 0 Å². The SMILES string of the molecule is CC(=O)Nc1ccc(Cl)c(NC(=O)C=Cc2ccc(C(C)C)cc2)c1. The molecule has 2 N–H and O–H groups in total. The van der Waals surface area contributed by atoms with Gasteiger partial charge in [-0.3, -0.25) is 9.59 Å². The van der Waals surface area contributed by atoms with Gasteiger partial charge in [-0.15, -0.1) is 0 Å². The average Bonchev–Trinajstić information content (AvgIpc) is 2.56. The van der Waals surface area contributed by atoms with Gasteiger partial charge in [-0.2, -0.15) is 0 Å². The average molecular weight is 357 g/mol. The van der Waals surface area contributed by atoms with Crippen molar-refractivity contribution in [2.24, 2.45) is 0 Å². The molecule has 0 heterocycles. The minimum absolute atomic E-state index is 0.190. The van der Waals surface area contributed by atoms with Crippen molar-refractivity contribution in [1.29, 1.82) is 0 Å². The number of carbonyl (C=O) groups excluding carboxylic acids is 2. The minimum atomic E-state index is -0.296. The van der Waals surface area contributed by atoms with Crippen LogP contribution >= 0.6 is 11.6 Å². The molecule has 2 rings (SSSR count). The molecule has 0 spiro atoms. The van der Waals surface area contributed by atoms with E-state index in [0.29, 0.717) is 22.3 Å². The number of carbonyl (C=O) groups is 2. The Balaban J connectivity index is 2.05. The standard InChI is InChI=1S/C20H21ClN2O2/c1-13(2)16-7-4-15(5-8-16)6-11-20(25)23-19-12-17(22-14(3)24)9-10-18(19)21/h4-13H,1-3H3,(H,22,24)(H,23,25). The molecule has 0 bridgehead atoms. The first kappa shape index (κ1) is 18.7. The Bertz CT molecular complexity index is 796. The van der Waals surface area contributed by atoms with Gasteiger partial charge in [-0.25, -0.2) is 0 Å². The van der Waals surface area contributed by atoms with E-state index in [0.717, 1.165) is 5.56 Å². The molecule has 25 heavy (non-hydrogen) atoms. The largest absolute Gasteiger partial charge is 0.326 e. The summed E-state index contributed by atoms with van der Waals surface area (Å²) in [6.45, 7) is 5.69. The zero-order chi connectivity index (χ0) is 18.4. The Kier molecular flexibility index (Phi) is 6.37. The molecule has 0 atom stereocenters. The molecular formula is C20H21ClN2O2. The van der Waals surface area contributed by atoms with Gasteiger partial charge in [-0.1, -0.05) is 49.7 Å². The van der Waals surface area contributed by atoms with Crippen molar-refractivity contribution in [3.8, 4) is 0 Å². The maximum atomic E-state index is 12.1. The van der Waals surface area contributed by atoms with Gasteiger partial charge in [0.2, 0.25) is 11.8 Å². The van der Waals surface area contributed by atoms with E-state index in [4.69, 9.17) is 11.6 Å². The summed E-state index contributed by atoms with van der Waals surface area (Å²) < 4.78 is 0. The first-order valence-corrected chi connectivity index (χ1v) is 8.39. The van der Waals surface area contributed by atoms with Gasteiger partial charge >= 0.3 is 0 Å². The van der Waals surface area contributed by atoms with E-state index < -0.39 is 0 Å². The van der Waals surface area contributed by atoms with E-state index in [1.807, 2.05) is 12.1 Å². The number of hydrogen-bond acceptors (Lipinski definition) is 2. The summed E-state index contributed by atoms with van der Waals surface area (Å²) in [4.78, 5) is 23.2. The highest BCUT2D eigenvalue weighted by molar-refractivity contribution is 6.34. The number of nitrogens with one attached hydrogen (secondary N) is 2. The molecule has 5 heteroatoms. The first-order chi connectivity index (χ1) is 11.8. The summed E-state index contributed by atoms with van der Waals surface area (Å²) >= 11 is 6.09. The van der Waals surface area contributed by atoms with Crippen LogP contribution in [0.15, 0.2) is 48.5 Å². The van der Waals surface area contributed by atoms with Crippen LogP contribution < -0.4 is 10.6 Å². The Morgan fingerprint density at radius 3 is 2.32 bits per heavy atom. The highest BCUT2D eigenvalue weighted by Crippen LogP contribution is 2.25. The quantitative estimate of drug-likeness (QED) is 0.734. The van der Waals surface area contributed by atoms with Crippen LogP contribution in [0.2, 0.25) is 5.02 Å². The Hall–Kier alpha value is -2.59. The molecule has 2 aromatic rings. The fraction of sp³-hybridized carbons (Fsp3) is 0.200. The molecule has 2 amide bonds. The first-order valence-electron chi connectivity index (χ1n) is 8.01. The zero-order valence-electron chi connectivity index (χ0n) is 14.5. The molecule has 0 saturated heterocycles. The summed E-state index contributed by atoms with van der Waals surface area (Å²) in [6, 6.07) is 13.0. The van der Waals surface area contributed by atoms with E-state index in [1.165, 1.54) is 18.6 Å². The van der Waals surface area contributed by atoms with Crippen LogP contribution in [0, 0.1) is 0 Å². The van der Waals surface area contributed by atoms with Gasteiger partial charge in [0, 0.05) is 18.7 Å². The van der Waals surface area contributed by atoms with E-state index in [2.05, 4.69) is 36.6 Å². The molecule has 0 saturated carbocycles. The molecule has 0 fully saturated rings. The normalized spacial score (nSPS) is 10.9. The Morgan fingerprint density at radius 1 is 1.04 bits per heavy atom. The van der Waals surface area contributed by atoms with Crippen LogP contribution in [0.5, 0.6) is 0 Å². The third kappa shape index (κ3) is 5.76. The number of halogens is 1. The van der Waals surface area contributed by atoms with Crippen molar-refractivity contribution in [2.45, 2.75) is 26.7 Å². The Labute approximate surface area is 152 Å². The topological polar surface area (TPSA) is 58.2 Å². The molecule has 0 aliphatic heterocycles. The summed E-state index contributed by atoms with van der Waals surface area (Å²) in [7, 11) is 0. The molecule has 0 aliphatic carbocycles. The highest BCUT2D eigenvalue weighted by atomic mass is 35.5. The molecule has 4 nitrogen and oxygen atoms in total. The highest BCUT2D eigenvalue weighted by Gasteiger charge is 2.06. The lowest BCUT2D eigenvalue weighted by molar-refractivity contribution is -0.114. The van der Waals surface area contributed by atoms with Crippen molar-refractivity contribution in [3.63, 3.8) is 0 Å². The summed E-state index contributed by atoms with van der Waals surface area (Å²) in [5.74, 6) is -0.0153. The van der Waals surface area contributed by atoms with E-state index >= 15 is 0 Å². The van der Waals surface area contributed by atoms with Crippen LogP contribution in [0.25, 0.3) is 6.08 Å². The molecular weight excluding hydrogens is 336 g/mol. The van der Waals surface area contributed by atoms with E-state index in [1.54, 1.807) is 24.3 Å². The predicted molar refractivity (Wildman–Crippen MR) is 104 cm³/mol. The zero-order valence-corrected chi connectivity index (χ0v) is 15.2. The second-order valence-corrected chi connectivity index (χ2v) is 6.43. The van der Waals surface area contributed by atoms with E-state index in [9.17, 15) is 9.59 Å². The van der Waals surface area contributed by atoms with Crippen molar-refractivity contribution >= 4 is 40.9 Å². The third-order valence-electron chi connectivity index (χ3n) is 3.57. The lowest BCUT2D eigenvalue weighted by Crippen LogP contribution is -2.10. The number of benzene rings is 2. The maximum Gasteiger partial charge on any atom is 0.248 e. The monoisotopic (exact) mass is 356 g/mol. The second kappa shape index (κ2) is 8.49. The number of hydrogen-bond donors (Lipinski definition) is 2. The van der Waals surface area contributed by atoms with Crippen LogP contribution in [0.3, 0.4) is 0 Å². The fourth-order valence-corrected chi connectivity index (χ4v) is 2.41. The molecule has 0 radical (unpaired) electrons. The second-order valence-electron chi connectivity index (χ2n) is 6.02. The van der Waals surface area contributed by atoms with Crippen molar-refractivity contribution in [1.82, 2.24) is 0 Å². The van der Waals surface area contributed by atoms with E-state index in [-0.39, 0.29) is 11.8 Å². The molecule has 2 aromatic carbocycles. The molecule has 0 unspecified atom stereocenters. The van der Waals surface area contributed by atoms with Gasteiger partial charge in [0.1, 0.15) is 0 Å². The van der Waals surface area contributed by atoms with Gasteiger partial charge in [0.05, 0.1) is 10.7 Å². The van der Waals surface area contributed by atoms with Gasteiger partial charge < -0.3 is 10.6 Å². The van der Waals surface area contributed by atoms with Gasteiger partial charge in [-0.05, 0) is 41.3 Å². The van der Waals surface area contributed by atoms with Crippen molar-refractivity contribution in [3.05, 3.63) is 64.7 Å². The molecule has 0 aromatic heterocycles. The summed E-state index contributed by atoms with van der Waals surface area (Å²) in [6.07, 6.45) is 3.19. The third-order valence-corrected chi connectivity index (χ3v) is 3.90.